The molecule has 0 aliphatic rings. The third-order valence-corrected chi connectivity index (χ3v) is 12.7. The molecular formula is C39H44N10O7S2. The van der Waals surface area contributed by atoms with Crippen LogP contribution in [0, 0.1) is 0 Å². The fraction of sp³-hybridized carbons (Fsp3) is 0.231. The standard InChI is InChI=1S/C39H44N10O7S2/c1-54-30-10-4-26(5-11-30)23-48(24-27-6-12-31(55-2)13-7-27)58(52,53)38-36(57(50,51)44-21-29(41)20-40)17-16-33(34-22-43-19-18-35(34)42)37(38)39-45-47-49(46-39)25-28-8-14-32(56-3)15-9-28/h4-19,22,29,44H,20-21,23-25,40-41H2,1-3H3,(H2,42,43). The predicted octanol–water partition coefficient (Wildman–Crippen LogP) is 3.01. The van der Waals surface area contributed by atoms with E-state index in [0.717, 1.165) is 5.56 Å². The predicted molar refractivity (Wildman–Crippen MR) is 218 cm³/mol. The Labute approximate surface area is 336 Å². The molecule has 4 aromatic carbocycles. The van der Waals surface area contributed by atoms with Gasteiger partial charge in [-0.15, -0.1) is 10.2 Å². The zero-order valence-electron chi connectivity index (χ0n) is 32.0. The van der Waals surface area contributed by atoms with Gasteiger partial charge in [0.25, 0.3) is 0 Å². The zero-order valence-corrected chi connectivity index (χ0v) is 33.7. The van der Waals surface area contributed by atoms with Crippen LogP contribution in [0.2, 0.25) is 0 Å². The minimum atomic E-state index is -4.86. The summed E-state index contributed by atoms with van der Waals surface area (Å²) in [4.78, 5) is 4.31. The molecule has 0 saturated carbocycles. The Balaban J connectivity index is 1.62. The Morgan fingerprint density at radius 2 is 1.31 bits per heavy atom. The third-order valence-electron chi connectivity index (χ3n) is 9.19. The lowest BCUT2D eigenvalue weighted by atomic mass is 9.99. The quantitative estimate of drug-likeness (QED) is 0.0974. The summed E-state index contributed by atoms with van der Waals surface area (Å²) in [6.07, 6.45) is 2.93. The molecule has 0 bridgehead atoms. The normalized spacial score (nSPS) is 12.4. The second-order valence-corrected chi connectivity index (χ2v) is 16.7. The molecule has 19 heteroatoms. The van der Waals surface area contributed by atoms with Gasteiger partial charge in [-0.1, -0.05) is 42.5 Å². The van der Waals surface area contributed by atoms with Crippen LogP contribution in [-0.2, 0) is 39.7 Å². The van der Waals surface area contributed by atoms with Crippen molar-refractivity contribution in [2.75, 3.05) is 40.2 Å². The number of rotatable bonds is 18. The summed E-state index contributed by atoms with van der Waals surface area (Å²) in [6.45, 7) is -0.528. The summed E-state index contributed by atoms with van der Waals surface area (Å²) in [6, 6.07) is 24.3. The number of ether oxygens (including phenoxy) is 3. The number of methoxy groups -OCH3 is 3. The molecule has 0 radical (unpaired) electrons. The Bertz CT molecular complexity index is 2500. The number of nitrogens with one attached hydrogen (secondary N) is 1. The number of nitrogens with two attached hydrogens (primary N) is 3. The highest BCUT2D eigenvalue weighted by atomic mass is 32.2. The third kappa shape index (κ3) is 9.42. The van der Waals surface area contributed by atoms with E-state index in [4.69, 9.17) is 31.4 Å². The van der Waals surface area contributed by atoms with Gasteiger partial charge in [-0.25, -0.2) is 21.6 Å². The number of nitrogens with zero attached hydrogens (tertiary/aromatic N) is 6. The van der Waals surface area contributed by atoms with Gasteiger partial charge in [0.15, 0.2) is 0 Å². The minimum Gasteiger partial charge on any atom is -0.497 e. The smallest absolute Gasteiger partial charge is 0.245 e. The highest BCUT2D eigenvalue weighted by molar-refractivity contribution is 7.92. The van der Waals surface area contributed by atoms with Crippen molar-refractivity contribution in [1.29, 1.82) is 0 Å². The molecule has 0 fully saturated rings. The maximum absolute atomic E-state index is 15.7. The van der Waals surface area contributed by atoms with Gasteiger partial charge in [-0.3, -0.25) is 4.98 Å². The number of sulfonamides is 2. The second kappa shape index (κ2) is 18.1. The van der Waals surface area contributed by atoms with Crippen LogP contribution in [-0.4, -0.2) is 86.8 Å². The number of hydrogen-bond donors (Lipinski definition) is 4. The lowest BCUT2D eigenvalue weighted by molar-refractivity contribution is 0.396. The van der Waals surface area contributed by atoms with E-state index in [1.54, 1.807) is 73.8 Å². The van der Waals surface area contributed by atoms with Gasteiger partial charge in [0.05, 0.1) is 33.4 Å². The van der Waals surface area contributed by atoms with Crippen LogP contribution in [0.5, 0.6) is 17.2 Å². The maximum atomic E-state index is 15.7. The second-order valence-electron chi connectivity index (χ2n) is 13.1. The van der Waals surface area contributed by atoms with Crippen molar-refractivity contribution < 1.29 is 31.0 Å². The average Bonchev–Trinajstić information content (AvgIpc) is 3.71. The molecule has 7 N–H and O–H groups in total. The van der Waals surface area contributed by atoms with Gasteiger partial charge in [0.1, 0.15) is 27.0 Å². The summed E-state index contributed by atoms with van der Waals surface area (Å²) in [5.74, 6) is 1.60. The molecule has 0 spiro atoms. The van der Waals surface area contributed by atoms with Crippen molar-refractivity contribution in [2.45, 2.75) is 35.5 Å². The largest absolute Gasteiger partial charge is 0.497 e. The van der Waals surface area contributed by atoms with E-state index in [0.29, 0.717) is 33.9 Å². The summed E-state index contributed by atoms with van der Waals surface area (Å²) in [7, 11) is -4.88. The van der Waals surface area contributed by atoms with Crippen LogP contribution in [0.4, 0.5) is 5.69 Å². The van der Waals surface area contributed by atoms with Crippen molar-refractivity contribution in [3.8, 4) is 39.8 Å². The lowest BCUT2D eigenvalue weighted by Crippen LogP contribution is -2.42. The van der Waals surface area contributed by atoms with Crippen molar-refractivity contribution in [3.05, 3.63) is 120 Å². The van der Waals surface area contributed by atoms with Gasteiger partial charge in [-0.05, 0) is 76.0 Å². The van der Waals surface area contributed by atoms with E-state index in [1.165, 1.54) is 47.8 Å². The van der Waals surface area contributed by atoms with E-state index in [2.05, 4.69) is 25.1 Å². The fourth-order valence-corrected chi connectivity index (χ4v) is 9.52. The Hall–Kier alpha value is -5.96. The molecule has 1 unspecified atom stereocenters. The SMILES string of the molecule is COc1ccc(CN(Cc2ccc(OC)cc2)S(=O)(=O)c2c(S(=O)(=O)NCC(N)CN)ccc(-c3cnccc3N)c2-c2nnn(Cc3ccc(OC)cc3)n2)cc1. The first kappa shape index (κ1) is 41.7. The first-order chi connectivity index (χ1) is 27.9. The highest BCUT2D eigenvalue weighted by Crippen LogP contribution is 2.42. The van der Waals surface area contributed by atoms with Crippen LogP contribution in [0.15, 0.2) is 113 Å². The molecule has 1 atom stereocenters. The number of hydrogen-bond acceptors (Lipinski definition) is 14. The molecule has 17 nitrogen and oxygen atoms in total. The number of benzene rings is 4. The van der Waals surface area contributed by atoms with Crippen LogP contribution in [0.25, 0.3) is 22.5 Å². The first-order valence-corrected chi connectivity index (χ1v) is 20.8. The van der Waals surface area contributed by atoms with Crippen LogP contribution < -0.4 is 36.1 Å². The van der Waals surface area contributed by atoms with Crippen molar-refractivity contribution in [3.63, 3.8) is 0 Å². The van der Waals surface area contributed by atoms with Gasteiger partial charge < -0.3 is 31.4 Å². The Morgan fingerprint density at radius 1 is 0.759 bits per heavy atom. The molecule has 58 heavy (non-hydrogen) atoms. The number of anilines is 1. The zero-order chi connectivity index (χ0) is 41.5. The average molecular weight is 829 g/mol. The van der Waals surface area contributed by atoms with E-state index in [1.807, 2.05) is 12.1 Å². The number of aromatic nitrogens is 5. The van der Waals surface area contributed by atoms with Crippen molar-refractivity contribution in [1.82, 2.24) is 34.2 Å². The molecule has 6 aromatic rings. The van der Waals surface area contributed by atoms with Crippen LogP contribution in [0.3, 0.4) is 0 Å². The maximum Gasteiger partial charge on any atom is 0.245 e. The molecule has 304 valence electrons. The molecule has 6 rings (SSSR count). The van der Waals surface area contributed by atoms with Crippen molar-refractivity contribution >= 4 is 25.7 Å². The monoisotopic (exact) mass is 828 g/mol. The summed E-state index contributed by atoms with van der Waals surface area (Å²) in [5.41, 5.74) is 20.7. The first-order valence-electron chi connectivity index (χ1n) is 17.9. The Morgan fingerprint density at radius 3 is 1.83 bits per heavy atom. The van der Waals surface area contributed by atoms with Gasteiger partial charge >= 0.3 is 0 Å². The fourth-order valence-electron chi connectivity index (χ4n) is 6.01. The van der Waals surface area contributed by atoms with Crippen molar-refractivity contribution in [2.24, 2.45) is 11.5 Å². The molecule has 0 amide bonds. The van der Waals surface area contributed by atoms with Crippen LogP contribution in [0.1, 0.15) is 16.7 Å². The van der Waals surface area contributed by atoms with E-state index < -0.39 is 35.9 Å². The molecule has 0 aliphatic carbocycles. The molecule has 2 heterocycles. The molecule has 2 aromatic heterocycles. The van der Waals surface area contributed by atoms with Gasteiger partial charge in [0.2, 0.25) is 25.9 Å². The van der Waals surface area contributed by atoms with E-state index in [-0.39, 0.29) is 55.4 Å². The lowest BCUT2D eigenvalue weighted by Gasteiger charge is -2.26. The van der Waals surface area contributed by atoms with E-state index in [9.17, 15) is 8.42 Å². The number of nitrogen functional groups attached to an aromatic ring is 1. The van der Waals surface area contributed by atoms with Gasteiger partial charge in [0, 0.05) is 55.9 Å². The minimum absolute atomic E-state index is 0.0309. The topological polar surface area (TPSA) is 246 Å². The number of tetrazole rings is 1. The van der Waals surface area contributed by atoms with E-state index >= 15 is 8.42 Å². The summed E-state index contributed by atoms with van der Waals surface area (Å²) < 4.78 is 79.6. The molecule has 0 aliphatic heterocycles. The van der Waals surface area contributed by atoms with Gasteiger partial charge in [-0.2, -0.15) is 9.10 Å². The summed E-state index contributed by atoms with van der Waals surface area (Å²) in [5, 5.41) is 13.2. The Kier molecular flexibility index (Phi) is 13.0. The van der Waals surface area contributed by atoms with Crippen LogP contribution >= 0.6 is 0 Å². The summed E-state index contributed by atoms with van der Waals surface area (Å²) >= 11 is 0. The highest BCUT2D eigenvalue weighted by Gasteiger charge is 2.38. The number of pyridine rings is 1. The molecular weight excluding hydrogens is 785 g/mol. The molecule has 0 saturated heterocycles.